The summed E-state index contributed by atoms with van der Waals surface area (Å²) >= 11 is 0. The summed E-state index contributed by atoms with van der Waals surface area (Å²) in [5.41, 5.74) is 4.13. The Labute approximate surface area is 173 Å². The van der Waals surface area contributed by atoms with Crippen LogP contribution in [0.1, 0.15) is 114 Å². The van der Waals surface area contributed by atoms with E-state index in [2.05, 4.69) is 49.9 Å². The van der Waals surface area contributed by atoms with Crippen molar-refractivity contribution in [2.75, 3.05) is 0 Å². The molecule has 28 heavy (non-hydrogen) atoms. The molecule has 1 aromatic carbocycles. The molecule has 4 atom stereocenters. The zero-order valence-corrected chi connectivity index (χ0v) is 18.5. The maximum atomic E-state index is 3.06. The largest absolute Gasteiger partial charge is 0.294 e. The summed E-state index contributed by atoms with van der Waals surface area (Å²) in [7, 11) is 0. The van der Waals surface area contributed by atoms with E-state index >= 15 is 0 Å². The van der Waals surface area contributed by atoms with Gasteiger partial charge in [0.2, 0.25) is 0 Å². The molecule has 1 saturated heterocycles. The molecular weight excluding hydrogens is 338 g/mol. The first-order chi connectivity index (χ1) is 13.7. The van der Waals surface area contributed by atoms with E-state index in [-0.39, 0.29) is 0 Å². The average Bonchev–Trinajstić information content (AvgIpc) is 3.32. The van der Waals surface area contributed by atoms with Crippen molar-refractivity contribution in [3.05, 3.63) is 35.4 Å². The predicted molar refractivity (Wildman–Crippen MR) is 119 cm³/mol. The minimum Gasteiger partial charge on any atom is -0.294 e. The molecule has 5 rings (SSSR count). The van der Waals surface area contributed by atoms with E-state index in [1.807, 2.05) is 0 Å². The Morgan fingerprint density at radius 1 is 0.929 bits per heavy atom. The summed E-state index contributed by atoms with van der Waals surface area (Å²) in [5, 5.41) is 0. The van der Waals surface area contributed by atoms with Crippen LogP contribution >= 0.6 is 0 Å². The highest BCUT2D eigenvalue weighted by Gasteiger charge is 2.60. The monoisotopic (exact) mass is 379 g/mol. The van der Waals surface area contributed by atoms with Crippen LogP contribution in [0.15, 0.2) is 24.3 Å². The summed E-state index contributed by atoms with van der Waals surface area (Å²) in [6.07, 6.45) is 15.9. The summed E-state index contributed by atoms with van der Waals surface area (Å²) in [6, 6.07) is 12.0. The van der Waals surface area contributed by atoms with Crippen molar-refractivity contribution in [1.29, 1.82) is 0 Å². The van der Waals surface area contributed by atoms with Gasteiger partial charge < -0.3 is 0 Å². The van der Waals surface area contributed by atoms with Gasteiger partial charge in [-0.05, 0) is 80.8 Å². The molecule has 0 spiro atoms. The molecule has 0 radical (unpaired) electrons. The molecule has 0 bridgehead atoms. The van der Waals surface area contributed by atoms with Crippen molar-refractivity contribution in [2.24, 2.45) is 11.3 Å². The van der Waals surface area contributed by atoms with E-state index in [9.17, 15) is 0 Å². The van der Waals surface area contributed by atoms with E-state index in [0.717, 1.165) is 35.9 Å². The molecule has 0 N–H and O–H groups in total. The first kappa shape index (κ1) is 19.2. The standard InChI is InChI=1S/C27H41N/c1-4-21(5-2)28-19(3)15-16-24-22-13-8-9-14-23(22)25(26(24)28)27(17-10-18-27)20-11-6-7-12-20/h8-9,13-14,19-21,24-26H,4-7,10-12,15-18H2,1-3H3. The zero-order chi connectivity index (χ0) is 19.3. The Bertz CT molecular complexity index is 679. The van der Waals surface area contributed by atoms with Gasteiger partial charge in [0.25, 0.3) is 0 Å². The van der Waals surface area contributed by atoms with Gasteiger partial charge in [-0.2, -0.15) is 0 Å². The normalized spacial score (nSPS) is 35.0. The van der Waals surface area contributed by atoms with Gasteiger partial charge in [0, 0.05) is 30.0 Å². The number of hydrogen-bond acceptors (Lipinski definition) is 1. The van der Waals surface area contributed by atoms with Gasteiger partial charge in [-0.3, -0.25) is 4.90 Å². The van der Waals surface area contributed by atoms with Gasteiger partial charge >= 0.3 is 0 Å². The van der Waals surface area contributed by atoms with Crippen LogP contribution in [0, 0.1) is 11.3 Å². The van der Waals surface area contributed by atoms with E-state index in [0.29, 0.717) is 5.41 Å². The van der Waals surface area contributed by atoms with Crippen LogP contribution in [0.4, 0.5) is 0 Å². The molecule has 3 aliphatic carbocycles. The maximum Gasteiger partial charge on any atom is 0.0244 e. The van der Waals surface area contributed by atoms with E-state index in [1.165, 1.54) is 70.6 Å². The quantitative estimate of drug-likeness (QED) is 0.520. The number of hydrogen-bond donors (Lipinski definition) is 0. The third-order valence-electron chi connectivity index (χ3n) is 9.67. The summed E-state index contributed by atoms with van der Waals surface area (Å²) in [6.45, 7) is 7.40. The van der Waals surface area contributed by atoms with Crippen molar-refractivity contribution >= 4 is 0 Å². The Morgan fingerprint density at radius 2 is 1.61 bits per heavy atom. The van der Waals surface area contributed by atoms with Crippen LogP contribution in [-0.2, 0) is 0 Å². The molecule has 4 unspecified atom stereocenters. The minimum absolute atomic E-state index is 0.618. The van der Waals surface area contributed by atoms with E-state index in [1.54, 1.807) is 11.1 Å². The molecule has 0 aromatic heterocycles. The van der Waals surface area contributed by atoms with Gasteiger partial charge in [-0.1, -0.05) is 57.4 Å². The Morgan fingerprint density at radius 3 is 2.21 bits per heavy atom. The molecule has 0 amide bonds. The van der Waals surface area contributed by atoms with Crippen LogP contribution in [-0.4, -0.2) is 23.0 Å². The smallest absolute Gasteiger partial charge is 0.0244 e. The van der Waals surface area contributed by atoms with Gasteiger partial charge in [-0.15, -0.1) is 0 Å². The second-order valence-electron chi connectivity index (χ2n) is 10.6. The van der Waals surface area contributed by atoms with Gasteiger partial charge in [0.1, 0.15) is 0 Å². The fourth-order valence-corrected chi connectivity index (χ4v) is 8.32. The van der Waals surface area contributed by atoms with Crippen molar-refractivity contribution < 1.29 is 0 Å². The number of likely N-dealkylation sites (tertiary alicyclic amines) is 1. The van der Waals surface area contributed by atoms with Crippen LogP contribution in [0.3, 0.4) is 0 Å². The molecule has 1 heteroatoms. The van der Waals surface area contributed by atoms with E-state index in [4.69, 9.17) is 0 Å². The summed E-state index contributed by atoms with van der Waals surface area (Å²) < 4.78 is 0. The molecule has 1 heterocycles. The number of nitrogens with zero attached hydrogens (tertiary/aromatic N) is 1. The van der Waals surface area contributed by atoms with Crippen molar-refractivity contribution in [1.82, 2.24) is 4.90 Å². The SMILES string of the molecule is CCC(CC)N1C(C)CCC2c3ccccc3C(C3(C4CCCC4)CCC3)C21. The lowest BCUT2D eigenvalue weighted by Crippen LogP contribution is -2.58. The first-order valence-corrected chi connectivity index (χ1v) is 12.6. The van der Waals surface area contributed by atoms with Gasteiger partial charge in [-0.25, -0.2) is 0 Å². The van der Waals surface area contributed by atoms with Crippen molar-refractivity contribution in [3.8, 4) is 0 Å². The van der Waals surface area contributed by atoms with E-state index < -0.39 is 0 Å². The van der Waals surface area contributed by atoms with Gasteiger partial charge in [0.15, 0.2) is 0 Å². The average molecular weight is 380 g/mol. The molecule has 4 aliphatic rings. The topological polar surface area (TPSA) is 3.24 Å². The van der Waals surface area contributed by atoms with Crippen molar-refractivity contribution in [3.63, 3.8) is 0 Å². The molecule has 1 aliphatic heterocycles. The third kappa shape index (κ3) is 2.68. The molecule has 1 aromatic rings. The molecule has 2 saturated carbocycles. The Balaban J connectivity index is 1.62. The molecular formula is C27H41N. The Kier molecular flexibility index (Phi) is 5.10. The molecule has 3 fully saturated rings. The van der Waals surface area contributed by atoms with Crippen LogP contribution < -0.4 is 0 Å². The Hall–Kier alpha value is -0.820. The maximum absolute atomic E-state index is 3.06. The number of benzene rings is 1. The van der Waals surface area contributed by atoms with Crippen LogP contribution in [0.2, 0.25) is 0 Å². The zero-order valence-electron chi connectivity index (χ0n) is 18.5. The highest BCUT2D eigenvalue weighted by molar-refractivity contribution is 5.45. The van der Waals surface area contributed by atoms with Crippen LogP contribution in [0.5, 0.6) is 0 Å². The summed E-state index contributed by atoms with van der Waals surface area (Å²) in [5.74, 6) is 2.59. The summed E-state index contributed by atoms with van der Waals surface area (Å²) in [4.78, 5) is 3.06. The molecule has 1 nitrogen and oxygen atoms in total. The highest BCUT2D eigenvalue weighted by Crippen LogP contribution is 2.67. The minimum atomic E-state index is 0.618. The molecule has 154 valence electrons. The number of rotatable bonds is 5. The predicted octanol–water partition coefficient (Wildman–Crippen LogP) is 7.27. The second kappa shape index (κ2) is 7.46. The lowest BCUT2D eigenvalue weighted by Gasteiger charge is -2.58. The second-order valence-corrected chi connectivity index (χ2v) is 10.6. The lowest BCUT2D eigenvalue weighted by atomic mass is 9.51. The highest BCUT2D eigenvalue weighted by atomic mass is 15.2. The number of piperidine rings is 1. The van der Waals surface area contributed by atoms with Gasteiger partial charge in [0.05, 0.1) is 0 Å². The fourth-order valence-electron chi connectivity index (χ4n) is 8.32. The fraction of sp³-hybridized carbons (Fsp3) is 0.778. The number of fused-ring (bicyclic) bond motifs is 3. The van der Waals surface area contributed by atoms with Crippen LogP contribution in [0.25, 0.3) is 0 Å². The third-order valence-corrected chi connectivity index (χ3v) is 9.67. The first-order valence-electron chi connectivity index (χ1n) is 12.6. The van der Waals surface area contributed by atoms with Crippen molar-refractivity contribution in [2.45, 2.75) is 121 Å². The lowest BCUT2D eigenvalue weighted by molar-refractivity contribution is -0.0553.